The van der Waals surface area contributed by atoms with Crippen molar-refractivity contribution in [3.63, 3.8) is 0 Å². The van der Waals surface area contributed by atoms with Crippen molar-refractivity contribution >= 4 is 23.9 Å². The summed E-state index contributed by atoms with van der Waals surface area (Å²) in [5.41, 5.74) is 4.73. The summed E-state index contributed by atoms with van der Waals surface area (Å²) in [5, 5.41) is 3.10. The van der Waals surface area contributed by atoms with E-state index in [1.165, 1.54) is 12.1 Å². The molecular formula is C29H24N2O6. The number of alkyl carbamates (subject to hydrolysis) is 1. The van der Waals surface area contributed by atoms with E-state index < -0.39 is 29.9 Å². The topological polar surface area (TPSA) is 102 Å². The molecule has 1 fully saturated rings. The standard InChI is InChI=1S/C29H24N2O6/c32-26-22-14-5-6-15-23(22)27(33)31(26)37-28(34)25(17-8-7-9-17)30-29(35)36-16-24-20-12-3-1-10-18(20)19-11-2-4-13-21(19)24/h1-6,10-15,17,24-25H,7-9,16H2,(H,30,35). The highest BCUT2D eigenvalue weighted by atomic mass is 16.7. The second kappa shape index (κ2) is 9.20. The first-order valence-electron chi connectivity index (χ1n) is 12.3. The van der Waals surface area contributed by atoms with Crippen LogP contribution in [0.4, 0.5) is 4.79 Å². The average molecular weight is 497 g/mol. The summed E-state index contributed by atoms with van der Waals surface area (Å²) in [6, 6.07) is 21.3. The number of ether oxygens (including phenoxy) is 1. The number of hydrogen-bond acceptors (Lipinski definition) is 6. The molecule has 0 aromatic heterocycles. The Balaban J connectivity index is 1.13. The molecule has 1 unspecified atom stereocenters. The van der Waals surface area contributed by atoms with Crippen LogP contribution < -0.4 is 5.32 Å². The van der Waals surface area contributed by atoms with Crippen LogP contribution in [0.5, 0.6) is 0 Å². The zero-order valence-electron chi connectivity index (χ0n) is 19.9. The molecule has 1 saturated carbocycles. The largest absolute Gasteiger partial charge is 0.449 e. The van der Waals surface area contributed by atoms with E-state index >= 15 is 0 Å². The van der Waals surface area contributed by atoms with Crippen LogP contribution in [0.25, 0.3) is 11.1 Å². The molecular weight excluding hydrogens is 472 g/mol. The molecule has 3 aromatic rings. The molecule has 0 spiro atoms. The lowest BCUT2D eigenvalue weighted by Gasteiger charge is -2.32. The molecule has 0 saturated heterocycles. The van der Waals surface area contributed by atoms with Gasteiger partial charge in [0.05, 0.1) is 11.1 Å². The first kappa shape index (κ1) is 23.0. The van der Waals surface area contributed by atoms with Gasteiger partial charge in [-0.3, -0.25) is 9.59 Å². The van der Waals surface area contributed by atoms with Gasteiger partial charge in [-0.15, -0.1) is 0 Å². The Kier molecular flexibility index (Phi) is 5.71. The Labute approximate surface area is 213 Å². The van der Waals surface area contributed by atoms with Crippen LogP contribution >= 0.6 is 0 Å². The predicted octanol–water partition coefficient (Wildman–Crippen LogP) is 4.45. The number of nitrogens with one attached hydrogen (secondary N) is 1. The first-order chi connectivity index (χ1) is 18.0. The van der Waals surface area contributed by atoms with Crippen molar-refractivity contribution in [1.29, 1.82) is 0 Å². The van der Waals surface area contributed by atoms with Crippen LogP contribution in [0.15, 0.2) is 72.8 Å². The van der Waals surface area contributed by atoms with Crippen LogP contribution in [-0.4, -0.2) is 41.6 Å². The Hall–Kier alpha value is -4.46. The third-order valence-corrected chi connectivity index (χ3v) is 7.43. The van der Waals surface area contributed by atoms with Gasteiger partial charge in [-0.1, -0.05) is 72.1 Å². The maximum Gasteiger partial charge on any atom is 0.407 e. The number of carbonyl (C=O) groups is 4. The fourth-order valence-electron chi connectivity index (χ4n) is 5.31. The van der Waals surface area contributed by atoms with Gasteiger partial charge in [0.25, 0.3) is 11.8 Å². The number of amides is 3. The Morgan fingerprint density at radius 2 is 1.32 bits per heavy atom. The van der Waals surface area contributed by atoms with Gasteiger partial charge in [-0.2, -0.15) is 0 Å². The third-order valence-electron chi connectivity index (χ3n) is 7.43. The van der Waals surface area contributed by atoms with Crippen molar-refractivity contribution in [3.8, 4) is 11.1 Å². The van der Waals surface area contributed by atoms with Gasteiger partial charge in [0.1, 0.15) is 12.6 Å². The molecule has 37 heavy (non-hydrogen) atoms. The van der Waals surface area contributed by atoms with Crippen molar-refractivity contribution in [2.75, 3.05) is 6.61 Å². The number of benzene rings is 3. The van der Waals surface area contributed by atoms with Gasteiger partial charge < -0.3 is 14.9 Å². The van der Waals surface area contributed by atoms with E-state index in [1.54, 1.807) is 12.1 Å². The van der Waals surface area contributed by atoms with E-state index in [2.05, 4.69) is 17.4 Å². The number of nitrogens with zero attached hydrogens (tertiary/aromatic N) is 1. The number of hydroxylamine groups is 2. The monoisotopic (exact) mass is 496 g/mol. The summed E-state index contributed by atoms with van der Waals surface area (Å²) < 4.78 is 5.60. The van der Waals surface area contributed by atoms with E-state index in [4.69, 9.17) is 9.57 Å². The maximum absolute atomic E-state index is 13.1. The minimum absolute atomic E-state index is 0.102. The summed E-state index contributed by atoms with van der Waals surface area (Å²) in [5.74, 6) is -2.56. The molecule has 8 heteroatoms. The number of carbonyl (C=O) groups excluding carboxylic acids is 4. The molecule has 6 rings (SSSR count). The van der Waals surface area contributed by atoms with E-state index in [-0.39, 0.29) is 29.6 Å². The van der Waals surface area contributed by atoms with Crippen molar-refractivity contribution < 1.29 is 28.8 Å². The Morgan fingerprint density at radius 1 is 0.811 bits per heavy atom. The summed E-state index contributed by atoms with van der Waals surface area (Å²) in [4.78, 5) is 56.3. The minimum Gasteiger partial charge on any atom is -0.449 e. The predicted molar refractivity (Wildman–Crippen MR) is 132 cm³/mol. The van der Waals surface area contributed by atoms with E-state index in [0.29, 0.717) is 17.9 Å². The fourth-order valence-corrected chi connectivity index (χ4v) is 5.31. The lowest BCUT2D eigenvalue weighted by Crippen LogP contribution is -2.51. The molecule has 186 valence electrons. The zero-order chi connectivity index (χ0) is 25.5. The SMILES string of the molecule is O=C(NC(C(=O)ON1C(=O)c2ccccc2C1=O)C1CCC1)OCC1c2ccccc2-c2ccccc21. The molecule has 1 atom stereocenters. The van der Waals surface area contributed by atoms with E-state index in [0.717, 1.165) is 28.7 Å². The fraction of sp³-hybridized carbons (Fsp3) is 0.241. The average Bonchev–Trinajstić information content (AvgIpc) is 3.33. The highest BCUT2D eigenvalue weighted by molar-refractivity contribution is 6.21. The van der Waals surface area contributed by atoms with E-state index in [1.807, 2.05) is 36.4 Å². The van der Waals surface area contributed by atoms with Gasteiger partial charge in [0.15, 0.2) is 0 Å². The van der Waals surface area contributed by atoms with Crippen LogP contribution in [0, 0.1) is 5.92 Å². The molecule has 8 nitrogen and oxygen atoms in total. The molecule has 1 N–H and O–H groups in total. The number of fused-ring (bicyclic) bond motifs is 4. The molecule has 2 aliphatic carbocycles. The lowest BCUT2D eigenvalue weighted by molar-refractivity contribution is -0.173. The highest BCUT2D eigenvalue weighted by Gasteiger charge is 2.42. The molecule has 0 bridgehead atoms. The number of hydrogen-bond donors (Lipinski definition) is 1. The van der Waals surface area contributed by atoms with Crippen LogP contribution in [0.1, 0.15) is 57.0 Å². The number of imide groups is 1. The second-order valence-corrected chi connectivity index (χ2v) is 9.50. The zero-order valence-corrected chi connectivity index (χ0v) is 19.9. The Bertz CT molecular complexity index is 1350. The van der Waals surface area contributed by atoms with Gasteiger partial charge in [0, 0.05) is 5.92 Å². The van der Waals surface area contributed by atoms with Crippen LogP contribution in [0.2, 0.25) is 0 Å². The third kappa shape index (κ3) is 3.94. The molecule has 0 radical (unpaired) electrons. The molecule has 1 aliphatic heterocycles. The smallest absolute Gasteiger partial charge is 0.407 e. The van der Waals surface area contributed by atoms with Crippen molar-refractivity contribution in [1.82, 2.24) is 10.4 Å². The highest BCUT2D eigenvalue weighted by Crippen LogP contribution is 2.44. The summed E-state index contributed by atoms with van der Waals surface area (Å²) in [6.07, 6.45) is 1.59. The normalized spacial score (nSPS) is 16.9. The minimum atomic E-state index is -1.03. The summed E-state index contributed by atoms with van der Waals surface area (Å²) in [7, 11) is 0. The maximum atomic E-state index is 13.1. The molecule has 1 heterocycles. The molecule has 3 amide bonds. The van der Waals surface area contributed by atoms with Crippen molar-refractivity contribution in [3.05, 3.63) is 95.1 Å². The summed E-state index contributed by atoms with van der Waals surface area (Å²) >= 11 is 0. The van der Waals surface area contributed by atoms with E-state index in [9.17, 15) is 19.2 Å². The molecule has 3 aliphatic rings. The van der Waals surface area contributed by atoms with Crippen molar-refractivity contribution in [2.24, 2.45) is 5.92 Å². The lowest BCUT2D eigenvalue weighted by atomic mass is 9.80. The van der Waals surface area contributed by atoms with Gasteiger partial charge in [-0.25, -0.2) is 9.59 Å². The van der Waals surface area contributed by atoms with Gasteiger partial charge >= 0.3 is 12.1 Å². The van der Waals surface area contributed by atoms with Gasteiger partial charge in [0.2, 0.25) is 0 Å². The van der Waals surface area contributed by atoms with Crippen molar-refractivity contribution in [2.45, 2.75) is 31.2 Å². The first-order valence-corrected chi connectivity index (χ1v) is 12.3. The number of rotatable bonds is 6. The Morgan fingerprint density at radius 3 is 1.84 bits per heavy atom. The second-order valence-electron chi connectivity index (χ2n) is 9.50. The van der Waals surface area contributed by atoms with Crippen LogP contribution in [0.3, 0.4) is 0 Å². The van der Waals surface area contributed by atoms with Crippen LogP contribution in [-0.2, 0) is 14.4 Å². The van der Waals surface area contributed by atoms with Gasteiger partial charge in [-0.05, 0) is 53.1 Å². The molecule has 3 aromatic carbocycles. The summed E-state index contributed by atoms with van der Waals surface area (Å²) in [6.45, 7) is 0.102. The quantitative estimate of drug-likeness (QED) is 0.506.